The predicted octanol–water partition coefficient (Wildman–Crippen LogP) is 0.435. The molecule has 1 aromatic rings. The number of primary amides is 1. The number of rotatable bonds is 7. The number of hydrogen-bond acceptors (Lipinski definition) is 4. The average molecular weight is 340 g/mol. The molecule has 0 radical (unpaired) electrons. The zero-order chi connectivity index (χ0) is 18.1. The zero-order valence-corrected chi connectivity index (χ0v) is 13.5. The van der Waals surface area contributed by atoms with Gasteiger partial charge in [0.2, 0.25) is 0 Å². The highest BCUT2D eigenvalue weighted by atomic mass is 19.1. The highest BCUT2D eigenvalue weighted by molar-refractivity contribution is 5.88. The summed E-state index contributed by atoms with van der Waals surface area (Å²) < 4.78 is 17.9. The van der Waals surface area contributed by atoms with Crippen molar-refractivity contribution in [1.29, 1.82) is 0 Å². The van der Waals surface area contributed by atoms with Crippen LogP contribution < -0.4 is 26.6 Å². The Labute approximate surface area is 138 Å². The van der Waals surface area contributed by atoms with Crippen molar-refractivity contribution in [3.63, 3.8) is 0 Å². The van der Waals surface area contributed by atoms with Gasteiger partial charge in [0.05, 0.1) is 0 Å². The Morgan fingerprint density at radius 1 is 1.21 bits per heavy atom. The lowest BCUT2D eigenvalue weighted by Gasteiger charge is -2.22. The van der Waals surface area contributed by atoms with Crippen molar-refractivity contribution < 1.29 is 23.5 Å². The third kappa shape index (κ3) is 6.51. The lowest BCUT2D eigenvalue weighted by atomic mass is 9.99. The van der Waals surface area contributed by atoms with Crippen LogP contribution in [0, 0.1) is 11.7 Å². The number of halogens is 1. The summed E-state index contributed by atoms with van der Waals surface area (Å²) in [6, 6.07) is 3.43. The normalized spacial score (nSPS) is 12.6. The summed E-state index contributed by atoms with van der Waals surface area (Å²) in [7, 11) is 0. The van der Waals surface area contributed by atoms with Gasteiger partial charge in [0, 0.05) is 0 Å². The van der Waals surface area contributed by atoms with Gasteiger partial charge >= 0.3 is 6.03 Å². The maximum atomic E-state index is 12.7. The van der Waals surface area contributed by atoms with Crippen LogP contribution in [-0.4, -0.2) is 30.5 Å². The van der Waals surface area contributed by atoms with E-state index in [1.807, 2.05) is 6.92 Å². The van der Waals surface area contributed by atoms with Gasteiger partial charge in [-0.3, -0.25) is 20.4 Å². The minimum atomic E-state index is -0.870. The molecule has 132 valence electrons. The summed E-state index contributed by atoms with van der Waals surface area (Å²) in [6.07, 6.45) is 0.625. The molecule has 9 heteroatoms. The number of benzene rings is 1. The molecule has 2 atom stereocenters. The maximum Gasteiger partial charge on any atom is 0.312 e. The number of hydrogen-bond donors (Lipinski definition) is 4. The topological polar surface area (TPSA) is 123 Å². The molecule has 5 N–H and O–H groups in total. The Morgan fingerprint density at radius 3 is 2.38 bits per heavy atom. The highest BCUT2D eigenvalue weighted by Crippen LogP contribution is 2.10. The first-order valence-electron chi connectivity index (χ1n) is 7.36. The average Bonchev–Trinajstić information content (AvgIpc) is 2.56. The first-order valence-corrected chi connectivity index (χ1v) is 7.36. The van der Waals surface area contributed by atoms with Crippen molar-refractivity contribution >= 4 is 17.8 Å². The van der Waals surface area contributed by atoms with Crippen LogP contribution in [-0.2, 0) is 9.59 Å². The largest absolute Gasteiger partial charge is 0.484 e. The van der Waals surface area contributed by atoms with E-state index >= 15 is 0 Å². The van der Waals surface area contributed by atoms with Crippen LogP contribution in [0.1, 0.15) is 20.3 Å². The molecule has 0 aromatic heterocycles. The Morgan fingerprint density at radius 2 is 1.83 bits per heavy atom. The van der Waals surface area contributed by atoms with Crippen LogP contribution in [0.2, 0.25) is 0 Å². The van der Waals surface area contributed by atoms with Gasteiger partial charge in [0.15, 0.2) is 6.61 Å². The molecule has 0 saturated heterocycles. The van der Waals surface area contributed by atoms with Crippen molar-refractivity contribution in [2.45, 2.75) is 26.3 Å². The first-order chi connectivity index (χ1) is 11.3. The van der Waals surface area contributed by atoms with Gasteiger partial charge in [0.1, 0.15) is 17.6 Å². The summed E-state index contributed by atoms with van der Waals surface area (Å²) in [5.74, 6) is -1.50. The van der Waals surface area contributed by atoms with Gasteiger partial charge in [-0.15, -0.1) is 0 Å². The van der Waals surface area contributed by atoms with Crippen LogP contribution >= 0.6 is 0 Å². The fourth-order valence-corrected chi connectivity index (χ4v) is 1.78. The quantitative estimate of drug-likeness (QED) is 0.538. The Kier molecular flexibility index (Phi) is 7.47. The molecule has 0 heterocycles. The molecular formula is C15H21FN4O4. The molecule has 1 rings (SSSR count). The van der Waals surface area contributed by atoms with E-state index in [0.717, 1.165) is 0 Å². The van der Waals surface area contributed by atoms with Crippen LogP contribution in [0.4, 0.5) is 9.18 Å². The van der Waals surface area contributed by atoms with E-state index in [2.05, 4.69) is 16.2 Å². The second kappa shape index (κ2) is 9.33. The van der Waals surface area contributed by atoms with E-state index < -0.39 is 29.7 Å². The molecular weight excluding hydrogens is 319 g/mol. The number of amides is 4. The van der Waals surface area contributed by atoms with Crippen LogP contribution in [0.5, 0.6) is 5.75 Å². The fourth-order valence-electron chi connectivity index (χ4n) is 1.78. The first kappa shape index (κ1) is 19.2. The monoisotopic (exact) mass is 340 g/mol. The summed E-state index contributed by atoms with van der Waals surface area (Å²) >= 11 is 0. The molecule has 24 heavy (non-hydrogen) atoms. The lowest BCUT2D eigenvalue weighted by Crippen LogP contribution is -2.56. The number of carbonyl (C=O) groups excluding carboxylic acids is 3. The SMILES string of the molecule is CCC(C)C(NC(N)=O)C(=O)NNC(=O)COc1ccc(F)cc1. The van der Waals surface area contributed by atoms with E-state index in [1.54, 1.807) is 6.92 Å². The van der Waals surface area contributed by atoms with Crippen molar-refractivity contribution in [1.82, 2.24) is 16.2 Å². The minimum absolute atomic E-state index is 0.176. The van der Waals surface area contributed by atoms with E-state index in [0.29, 0.717) is 12.2 Å². The molecule has 0 bridgehead atoms. The molecule has 0 aliphatic rings. The third-order valence-electron chi connectivity index (χ3n) is 3.30. The number of ether oxygens (including phenoxy) is 1. The van der Waals surface area contributed by atoms with E-state index in [9.17, 15) is 18.8 Å². The predicted molar refractivity (Wildman–Crippen MR) is 84.1 cm³/mol. The number of nitrogens with two attached hydrogens (primary N) is 1. The van der Waals surface area contributed by atoms with E-state index in [-0.39, 0.29) is 12.5 Å². The second-order valence-electron chi connectivity index (χ2n) is 5.15. The van der Waals surface area contributed by atoms with Gasteiger partial charge in [-0.2, -0.15) is 0 Å². The summed E-state index contributed by atoms with van der Waals surface area (Å²) in [5, 5.41) is 2.33. The third-order valence-corrected chi connectivity index (χ3v) is 3.30. The molecule has 8 nitrogen and oxygen atoms in total. The van der Waals surface area contributed by atoms with Crippen LogP contribution in [0.15, 0.2) is 24.3 Å². The molecule has 1 aromatic carbocycles. The molecule has 0 aliphatic heterocycles. The molecule has 4 amide bonds. The maximum absolute atomic E-state index is 12.7. The van der Waals surface area contributed by atoms with E-state index in [1.165, 1.54) is 24.3 Å². The van der Waals surface area contributed by atoms with Gasteiger partial charge in [-0.1, -0.05) is 20.3 Å². The van der Waals surface area contributed by atoms with Crippen molar-refractivity contribution in [3.05, 3.63) is 30.1 Å². The Balaban J connectivity index is 2.44. The van der Waals surface area contributed by atoms with Crippen LogP contribution in [0.25, 0.3) is 0 Å². The van der Waals surface area contributed by atoms with Crippen molar-refractivity contribution in [3.8, 4) is 5.75 Å². The number of hydrazine groups is 1. The molecule has 2 unspecified atom stereocenters. The Bertz CT molecular complexity index is 579. The van der Waals surface area contributed by atoms with E-state index in [4.69, 9.17) is 10.5 Å². The number of urea groups is 1. The summed E-state index contributed by atoms with van der Waals surface area (Å²) in [4.78, 5) is 34.6. The van der Waals surface area contributed by atoms with Gasteiger partial charge in [-0.05, 0) is 30.2 Å². The number of carbonyl (C=O) groups is 3. The van der Waals surface area contributed by atoms with Crippen LogP contribution in [0.3, 0.4) is 0 Å². The standard InChI is InChI=1S/C15H21FN4O4/c1-3-9(2)13(18-15(17)23)14(22)20-19-12(21)8-24-11-6-4-10(16)5-7-11/h4-7,9,13H,3,8H2,1-2H3,(H,19,21)(H,20,22)(H3,17,18,23). The van der Waals surface area contributed by atoms with Crippen molar-refractivity contribution in [2.75, 3.05) is 6.61 Å². The molecule has 0 spiro atoms. The smallest absolute Gasteiger partial charge is 0.312 e. The van der Waals surface area contributed by atoms with Crippen molar-refractivity contribution in [2.24, 2.45) is 11.7 Å². The second-order valence-corrected chi connectivity index (χ2v) is 5.15. The Hall–Kier alpha value is -2.84. The number of nitrogens with one attached hydrogen (secondary N) is 3. The van der Waals surface area contributed by atoms with Gasteiger partial charge < -0.3 is 15.8 Å². The minimum Gasteiger partial charge on any atom is -0.484 e. The zero-order valence-electron chi connectivity index (χ0n) is 13.5. The fraction of sp³-hybridized carbons (Fsp3) is 0.400. The van der Waals surface area contributed by atoms with Gasteiger partial charge in [-0.25, -0.2) is 9.18 Å². The highest BCUT2D eigenvalue weighted by Gasteiger charge is 2.25. The lowest BCUT2D eigenvalue weighted by molar-refractivity contribution is -0.131. The molecule has 0 saturated carbocycles. The molecule has 0 fully saturated rings. The summed E-state index contributed by atoms with van der Waals surface area (Å²) in [6.45, 7) is 3.24. The molecule has 0 aliphatic carbocycles. The van der Waals surface area contributed by atoms with Gasteiger partial charge in [0.25, 0.3) is 11.8 Å². The summed E-state index contributed by atoms with van der Waals surface area (Å²) in [5.41, 5.74) is 9.41.